The molecule has 0 aliphatic heterocycles. The molecule has 21 heavy (non-hydrogen) atoms. The average Bonchev–Trinajstić information content (AvgIpc) is 2.43. The summed E-state index contributed by atoms with van der Waals surface area (Å²) in [6.45, 7) is 5.56. The molecule has 2 aromatic rings. The zero-order valence-corrected chi connectivity index (χ0v) is 13.1. The summed E-state index contributed by atoms with van der Waals surface area (Å²) in [5, 5.41) is 3.86. The Morgan fingerprint density at radius 1 is 1.00 bits per heavy atom. The molecule has 4 nitrogen and oxygen atoms in total. The first-order chi connectivity index (χ1) is 9.90. The highest BCUT2D eigenvalue weighted by Crippen LogP contribution is 2.16. The molecule has 1 N–H and O–H groups in total. The van der Waals surface area contributed by atoms with Gasteiger partial charge in [-0.2, -0.15) is 13.5 Å². The van der Waals surface area contributed by atoms with Crippen molar-refractivity contribution in [2.45, 2.75) is 25.7 Å². The number of rotatable bonds is 4. The lowest BCUT2D eigenvalue weighted by atomic mass is 10.1. The van der Waals surface area contributed by atoms with Gasteiger partial charge in [0.25, 0.3) is 10.0 Å². The molecule has 2 rings (SSSR count). The van der Waals surface area contributed by atoms with Crippen LogP contribution >= 0.6 is 0 Å². The number of hydrogen-bond acceptors (Lipinski definition) is 3. The lowest BCUT2D eigenvalue weighted by Gasteiger charge is -2.07. The topological polar surface area (TPSA) is 58.5 Å². The highest BCUT2D eigenvalue weighted by molar-refractivity contribution is 7.89. The Kier molecular flexibility index (Phi) is 4.43. The Bertz CT molecular complexity index is 781. The highest BCUT2D eigenvalue weighted by Gasteiger charge is 2.15. The van der Waals surface area contributed by atoms with E-state index in [1.54, 1.807) is 19.1 Å². The van der Waals surface area contributed by atoms with Gasteiger partial charge in [-0.25, -0.2) is 4.83 Å². The number of sulfonamides is 1. The second-order valence-corrected chi connectivity index (χ2v) is 6.61. The second kappa shape index (κ2) is 6.10. The van der Waals surface area contributed by atoms with E-state index in [1.807, 2.05) is 44.2 Å². The maximum Gasteiger partial charge on any atom is 0.276 e. The Hall–Kier alpha value is -2.14. The Morgan fingerprint density at radius 2 is 1.71 bits per heavy atom. The van der Waals surface area contributed by atoms with Gasteiger partial charge < -0.3 is 0 Å². The van der Waals surface area contributed by atoms with Crippen LogP contribution in [-0.2, 0) is 10.0 Å². The summed E-state index contributed by atoms with van der Waals surface area (Å²) in [5.74, 6) is 0. The van der Waals surface area contributed by atoms with Gasteiger partial charge in [0.05, 0.1) is 11.1 Å². The standard InChI is InChI=1S/C16H18N2O2S/c1-12-8-9-14(3)16(10-12)21(19,20)18-17-11-15-7-5-4-6-13(15)2/h4-11,18H,1-3H3/b17-11-. The molecule has 0 amide bonds. The van der Waals surface area contributed by atoms with Crippen molar-refractivity contribution in [3.05, 3.63) is 64.7 Å². The van der Waals surface area contributed by atoms with E-state index in [0.29, 0.717) is 5.56 Å². The normalized spacial score (nSPS) is 11.8. The molecule has 110 valence electrons. The van der Waals surface area contributed by atoms with Crippen molar-refractivity contribution in [1.29, 1.82) is 0 Å². The zero-order chi connectivity index (χ0) is 15.5. The molecule has 0 aliphatic rings. The number of nitrogens with zero attached hydrogens (tertiary/aromatic N) is 1. The summed E-state index contributed by atoms with van der Waals surface area (Å²) in [5.41, 5.74) is 3.50. The van der Waals surface area contributed by atoms with E-state index in [-0.39, 0.29) is 4.90 Å². The maximum atomic E-state index is 12.3. The van der Waals surface area contributed by atoms with Crippen molar-refractivity contribution < 1.29 is 8.42 Å². The van der Waals surface area contributed by atoms with Gasteiger partial charge in [-0.05, 0) is 49.1 Å². The molecule has 0 aliphatic carbocycles. The third-order valence-electron chi connectivity index (χ3n) is 3.20. The molecule has 5 heteroatoms. The molecule has 0 bridgehead atoms. The van der Waals surface area contributed by atoms with Crippen molar-refractivity contribution in [2.75, 3.05) is 0 Å². The maximum absolute atomic E-state index is 12.3. The van der Waals surface area contributed by atoms with Crippen LogP contribution < -0.4 is 4.83 Å². The predicted octanol–water partition coefficient (Wildman–Crippen LogP) is 2.92. The predicted molar refractivity (Wildman–Crippen MR) is 85.0 cm³/mol. The van der Waals surface area contributed by atoms with Crippen molar-refractivity contribution in [3.63, 3.8) is 0 Å². The Labute approximate surface area is 125 Å². The quantitative estimate of drug-likeness (QED) is 0.697. The lowest BCUT2D eigenvalue weighted by molar-refractivity contribution is 0.584. The minimum Gasteiger partial charge on any atom is -0.200 e. The van der Waals surface area contributed by atoms with Gasteiger partial charge in [0.1, 0.15) is 0 Å². The van der Waals surface area contributed by atoms with Crippen LogP contribution in [0.4, 0.5) is 0 Å². The Balaban J connectivity index is 2.23. The first kappa shape index (κ1) is 15.3. The van der Waals surface area contributed by atoms with E-state index in [2.05, 4.69) is 9.93 Å². The number of benzene rings is 2. The molecule has 0 atom stereocenters. The molecule has 0 unspecified atom stereocenters. The number of nitrogens with one attached hydrogen (secondary N) is 1. The van der Waals surface area contributed by atoms with Crippen LogP contribution in [0.3, 0.4) is 0 Å². The van der Waals surface area contributed by atoms with Gasteiger partial charge in [-0.15, -0.1) is 0 Å². The van der Waals surface area contributed by atoms with Crippen LogP contribution in [0, 0.1) is 20.8 Å². The van der Waals surface area contributed by atoms with E-state index in [9.17, 15) is 8.42 Å². The van der Waals surface area contributed by atoms with E-state index < -0.39 is 10.0 Å². The smallest absolute Gasteiger partial charge is 0.200 e. The summed E-state index contributed by atoms with van der Waals surface area (Å²) >= 11 is 0. The van der Waals surface area contributed by atoms with Crippen molar-refractivity contribution in [2.24, 2.45) is 5.10 Å². The summed E-state index contributed by atoms with van der Waals surface area (Å²) in [6, 6.07) is 12.9. The zero-order valence-electron chi connectivity index (χ0n) is 12.3. The van der Waals surface area contributed by atoms with Crippen molar-refractivity contribution >= 4 is 16.2 Å². The van der Waals surface area contributed by atoms with Crippen LogP contribution in [0.25, 0.3) is 0 Å². The van der Waals surface area contributed by atoms with Crippen molar-refractivity contribution in [3.8, 4) is 0 Å². The third-order valence-corrected chi connectivity index (χ3v) is 4.56. The average molecular weight is 302 g/mol. The molecule has 0 saturated carbocycles. The fraction of sp³-hybridized carbons (Fsp3) is 0.188. The molecular formula is C16H18N2O2S. The molecule has 0 spiro atoms. The summed E-state index contributed by atoms with van der Waals surface area (Å²) in [4.78, 5) is 2.51. The van der Waals surface area contributed by atoms with Gasteiger partial charge in [0.15, 0.2) is 0 Å². The number of hydrazone groups is 1. The first-order valence-electron chi connectivity index (χ1n) is 6.58. The number of aryl methyl sites for hydroxylation is 3. The second-order valence-electron chi connectivity index (χ2n) is 4.98. The fourth-order valence-corrected chi connectivity index (χ4v) is 3.07. The number of hydrogen-bond donors (Lipinski definition) is 1. The fourth-order valence-electron chi connectivity index (χ4n) is 1.94. The first-order valence-corrected chi connectivity index (χ1v) is 8.06. The van der Waals surface area contributed by atoms with E-state index in [1.165, 1.54) is 6.21 Å². The van der Waals surface area contributed by atoms with Gasteiger partial charge in [0, 0.05) is 0 Å². The van der Waals surface area contributed by atoms with E-state index in [0.717, 1.165) is 16.7 Å². The summed E-state index contributed by atoms with van der Waals surface area (Å²) in [6.07, 6.45) is 1.51. The van der Waals surface area contributed by atoms with Gasteiger partial charge in [0.2, 0.25) is 0 Å². The van der Waals surface area contributed by atoms with Gasteiger partial charge >= 0.3 is 0 Å². The van der Waals surface area contributed by atoms with E-state index >= 15 is 0 Å². The molecule has 2 aromatic carbocycles. The SMILES string of the molecule is Cc1ccc(C)c(S(=O)(=O)N/N=C\c2ccccc2C)c1. The minimum atomic E-state index is -3.64. The molecule has 0 fully saturated rings. The summed E-state index contributed by atoms with van der Waals surface area (Å²) < 4.78 is 24.5. The molecule has 0 saturated heterocycles. The van der Waals surface area contributed by atoms with Crippen LogP contribution in [0.2, 0.25) is 0 Å². The molecule has 0 heterocycles. The van der Waals surface area contributed by atoms with Crippen LogP contribution in [0.15, 0.2) is 52.5 Å². The monoisotopic (exact) mass is 302 g/mol. The third kappa shape index (κ3) is 3.70. The minimum absolute atomic E-state index is 0.254. The van der Waals surface area contributed by atoms with Gasteiger partial charge in [-0.1, -0.05) is 36.4 Å². The van der Waals surface area contributed by atoms with Crippen molar-refractivity contribution in [1.82, 2.24) is 4.83 Å². The summed E-state index contributed by atoms with van der Waals surface area (Å²) in [7, 11) is -3.64. The van der Waals surface area contributed by atoms with Crippen LogP contribution in [-0.4, -0.2) is 14.6 Å². The van der Waals surface area contributed by atoms with Crippen LogP contribution in [0.5, 0.6) is 0 Å². The molecule has 0 aromatic heterocycles. The van der Waals surface area contributed by atoms with Crippen LogP contribution in [0.1, 0.15) is 22.3 Å². The molecule has 0 radical (unpaired) electrons. The van der Waals surface area contributed by atoms with E-state index in [4.69, 9.17) is 0 Å². The lowest BCUT2D eigenvalue weighted by Crippen LogP contribution is -2.19. The largest absolute Gasteiger partial charge is 0.276 e. The highest BCUT2D eigenvalue weighted by atomic mass is 32.2. The Morgan fingerprint density at radius 3 is 2.43 bits per heavy atom. The molecular weight excluding hydrogens is 284 g/mol. The van der Waals surface area contributed by atoms with Gasteiger partial charge in [-0.3, -0.25) is 0 Å².